The van der Waals surface area contributed by atoms with Crippen molar-refractivity contribution in [3.8, 4) is 0 Å². The molecule has 6 nitrogen and oxygen atoms in total. The standard InChI is InChI=1S/C19H31N3O3/c1-20(24-2)19(23)9-12-21-10-6-11-22(14-16-25-15-13-21)17-18-7-4-3-5-8-18/h3-5,7-8H,6,9-17H2,1-2H3. The fourth-order valence-corrected chi connectivity index (χ4v) is 2.97. The summed E-state index contributed by atoms with van der Waals surface area (Å²) >= 11 is 0. The Bertz CT molecular complexity index is 498. The Labute approximate surface area is 151 Å². The summed E-state index contributed by atoms with van der Waals surface area (Å²) in [6.45, 7) is 7.05. The Morgan fingerprint density at radius 1 is 1.12 bits per heavy atom. The highest BCUT2D eigenvalue weighted by Gasteiger charge is 2.14. The van der Waals surface area contributed by atoms with Gasteiger partial charge in [0, 0.05) is 39.6 Å². The van der Waals surface area contributed by atoms with Gasteiger partial charge in [0.05, 0.1) is 20.3 Å². The van der Waals surface area contributed by atoms with Crippen LogP contribution in [0.2, 0.25) is 0 Å². The van der Waals surface area contributed by atoms with Crippen molar-refractivity contribution in [1.82, 2.24) is 14.9 Å². The summed E-state index contributed by atoms with van der Waals surface area (Å²) < 4.78 is 5.78. The lowest BCUT2D eigenvalue weighted by Crippen LogP contribution is -2.38. The van der Waals surface area contributed by atoms with Crippen LogP contribution < -0.4 is 0 Å². The van der Waals surface area contributed by atoms with E-state index in [1.807, 2.05) is 0 Å². The highest BCUT2D eigenvalue weighted by molar-refractivity contribution is 5.74. The second-order valence-electron chi connectivity index (χ2n) is 6.39. The van der Waals surface area contributed by atoms with E-state index >= 15 is 0 Å². The average Bonchev–Trinajstić information content (AvgIpc) is 2.65. The second kappa shape index (κ2) is 11.2. The molecular formula is C19H31N3O3. The molecule has 1 heterocycles. The van der Waals surface area contributed by atoms with Crippen molar-refractivity contribution in [3.63, 3.8) is 0 Å². The first-order valence-electron chi connectivity index (χ1n) is 9.06. The molecule has 1 aliphatic rings. The van der Waals surface area contributed by atoms with Crippen molar-refractivity contribution in [2.45, 2.75) is 19.4 Å². The van der Waals surface area contributed by atoms with Gasteiger partial charge < -0.3 is 9.64 Å². The largest absolute Gasteiger partial charge is 0.379 e. The zero-order valence-corrected chi connectivity index (χ0v) is 15.5. The minimum Gasteiger partial charge on any atom is -0.379 e. The lowest BCUT2D eigenvalue weighted by Gasteiger charge is -2.28. The van der Waals surface area contributed by atoms with Crippen molar-refractivity contribution < 1.29 is 14.4 Å². The molecule has 0 saturated carbocycles. The average molecular weight is 349 g/mol. The predicted octanol–water partition coefficient (Wildman–Crippen LogP) is 1.62. The van der Waals surface area contributed by atoms with Crippen molar-refractivity contribution in [2.75, 3.05) is 60.1 Å². The van der Waals surface area contributed by atoms with Gasteiger partial charge in [-0.15, -0.1) is 0 Å². The van der Waals surface area contributed by atoms with E-state index in [9.17, 15) is 4.79 Å². The summed E-state index contributed by atoms with van der Waals surface area (Å²) in [6, 6.07) is 10.6. The molecule has 0 aliphatic carbocycles. The summed E-state index contributed by atoms with van der Waals surface area (Å²) in [4.78, 5) is 21.6. The van der Waals surface area contributed by atoms with Crippen LogP contribution in [0.25, 0.3) is 0 Å². The van der Waals surface area contributed by atoms with E-state index in [0.717, 1.165) is 52.3 Å². The molecule has 1 saturated heterocycles. The molecule has 140 valence electrons. The Balaban J connectivity index is 1.79. The van der Waals surface area contributed by atoms with Crippen molar-refractivity contribution >= 4 is 5.91 Å². The number of rotatable bonds is 6. The minimum atomic E-state index is 0.00576. The number of benzene rings is 1. The van der Waals surface area contributed by atoms with E-state index in [2.05, 4.69) is 40.1 Å². The maximum atomic E-state index is 11.9. The molecule has 1 aromatic rings. The number of nitrogens with zero attached hydrogens (tertiary/aromatic N) is 3. The van der Waals surface area contributed by atoms with Gasteiger partial charge in [0.1, 0.15) is 0 Å². The Hall–Kier alpha value is -1.47. The molecule has 1 fully saturated rings. The van der Waals surface area contributed by atoms with Crippen LogP contribution in [0.5, 0.6) is 0 Å². The van der Waals surface area contributed by atoms with E-state index in [4.69, 9.17) is 9.57 Å². The van der Waals surface area contributed by atoms with Gasteiger partial charge in [0.25, 0.3) is 0 Å². The molecule has 2 rings (SSSR count). The summed E-state index contributed by atoms with van der Waals surface area (Å²) in [6.07, 6.45) is 1.57. The lowest BCUT2D eigenvalue weighted by molar-refractivity contribution is -0.169. The number of amides is 1. The second-order valence-corrected chi connectivity index (χ2v) is 6.39. The molecule has 0 bridgehead atoms. The zero-order chi connectivity index (χ0) is 17.9. The molecule has 25 heavy (non-hydrogen) atoms. The van der Waals surface area contributed by atoms with E-state index < -0.39 is 0 Å². The number of hydrogen-bond acceptors (Lipinski definition) is 5. The Morgan fingerprint density at radius 2 is 1.80 bits per heavy atom. The van der Waals surface area contributed by atoms with Gasteiger partial charge in [-0.05, 0) is 25.1 Å². The number of carbonyl (C=O) groups excluding carboxylic acids is 1. The number of ether oxygens (including phenoxy) is 1. The highest BCUT2D eigenvalue weighted by atomic mass is 16.7. The van der Waals surface area contributed by atoms with Gasteiger partial charge >= 0.3 is 0 Å². The lowest BCUT2D eigenvalue weighted by atomic mass is 10.2. The molecule has 1 aromatic carbocycles. The number of hydroxylamine groups is 2. The molecule has 0 aromatic heterocycles. The van der Waals surface area contributed by atoms with Crippen LogP contribution in [-0.2, 0) is 20.9 Å². The quantitative estimate of drug-likeness (QED) is 0.731. The van der Waals surface area contributed by atoms with E-state index in [1.165, 1.54) is 17.7 Å². The zero-order valence-electron chi connectivity index (χ0n) is 15.5. The first-order valence-corrected chi connectivity index (χ1v) is 9.06. The van der Waals surface area contributed by atoms with Crippen molar-refractivity contribution in [3.05, 3.63) is 35.9 Å². The molecule has 0 spiro atoms. The molecule has 6 heteroatoms. The molecule has 0 unspecified atom stereocenters. The van der Waals surface area contributed by atoms with E-state index in [1.54, 1.807) is 7.05 Å². The van der Waals surface area contributed by atoms with Crippen LogP contribution in [0.4, 0.5) is 0 Å². The van der Waals surface area contributed by atoms with Crippen LogP contribution in [-0.4, -0.2) is 80.9 Å². The van der Waals surface area contributed by atoms with Gasteiger partial charge in [-0.2, -0.15) is 0 Å². The number of carbonyl (C=O) groups is 1. The maximum absolute atomic E-state index is 11.9. The summed E-state index contributed by atoms with van der Waals surface area (Å²) in [5.41, 5.74) is 1.34. The third-order valence-electron chi connectivity index (χ3n) is 4.57. The molecule has 1 amide bonds. The third-order valence-corrected chi connectivity index (χ3v) is 4.57. The monoisotopic (exact) mass is 349 g/mol. The predicted molar refractivity (Wildman–Crippen MR) is 98.0 cm³/mol. The topological polar surface area (TPSA) is 45.2 Å². The van der Waals surface area contributed by atoms with E-state index in [-0.39, 0.29) is 5.91 Å². The normalized spacial score (nSPS) is 18.0. The number of hydrogen-bond donors (Lipinski definition) is 0. The maximum Gasteiger partial charge on any atom is 0.247 e. The van der Waals surface area contributed by atoms with Crippen LogP contribution in [0.3, 0.4) is 0 Å². The van der Waals surface area contributed by atoms with Gasteiger partial charge in [-0.1, -0.05) is 30.3 Å². The molecule has 0 radical (unpaired) electrons. The van der Waals surface area contributed by atoms with Crippen LogP contribution in [0.15, 0.2) is 30.3 Å². The molecule has 1 aliphatic heterocycles. The first-order chi connectivity index (χ1) is 12.2. The minimum absolute atomic E-state index is 0.00576. The molecule has 0 atom stereocenters. The first kappa shape index (κ1) is 19.8. The van der Waals surface area contributed by atoms with E-state index in [0.29, 0.717) is 13.0 Å². The smallest absolute Gasteiger partial charge is 0.247 e. The van der Waals surface area contributed by atoms with Gasteiger partial charge in [-0.3, -0.25) is 14.5 Å². The van der Waals surface area contributed by atoms with Crippen LogP contribution in [0, 0.1) is 0 Å². The van der Waals surface area contributed by atoms with Crippen LogP contribution in [0.1, 0.15) is 18.4 Å². The van der Waals surface area contributed by atoms with Crippen LogP contribution >= 0.6 is 0 Å². The summed E-state index contributed by atoms with van der Waals surface area (Å²) in [5, 5.41) is 1.29. The van der Waals surface area contributed by atoms with Gasteiger partial charge in [0.15, 0.2) is 0 Å². The fourth-order valence-electron chi connectivity index (χ4n) is 2.97. The molecule has 0 N–H and O–H groups in total. The van der Waals surface area contributed by atoms with Gasteiger partial charge in [0.2, 0.25) is 5.91 Å². The van der Waals surface area contributed by atoms with Crippen molar-refractivity contribution in [2.24, 2.45) is 0 Å². The highest BCUT2D eigenvalue weighted by Crippen LogP contribution is 2.07. The summed E-state index contributed by atoms with van der Waals surface area (Å²) in [7, 11) is 3.16. The fraction of sp³-hybridized carbons (Fsp3) is 0.632. The summed E-state index contributed by atoms with van der Waals surface area (Å²) in [5.74, 6) is 0.00576. The Kier molecular flexibility index (Phi) is 8.90. The SMILES string of the molecule is CON(C)C(=O)CCN1CCCN(Cc2ccccc2)CCOCC1. The molecular weight excluding hydrogens is 318 g/mol. The van der Waals surface area contributed by atoms with Gasteiger partial charge in [-0.25, -0.2) is 5.06 Å². The third kappa shape index (κ3) is 7.52. The van der Waals surface area contributed by atoms with Crippen molar-refractivity contribution in [1.29, 1.82) is 0 Å². The Morgan fingerprint density at radius 3 is 2.52 bits per heavy atom.